The molecule has 1 N–H and O–H groups in total. The molecular weight excluding hydrogens is 347 g/mol. The average molecular weight is 350 g/mol. The topological polar surface area (TPSA) is 32.9 Å². The smallest absolute Gasteiger partial charge is 0.270 e. The van der Waals surface area contributed by atoms with E-state index in [4.69, 9.17) is 0 Å². The Morgan fingerprint density at radius 3 is 2.58 bits per heavy atom. The Bertz CT molecular complexity index is 352. The highest BCUT2D eigenvalue weighted by Crippen LogP contribution is 2.25. The highest BCUT2D eigenvalue weighted by molar-refractivity contribution is 14.1. The van der Waals surface area contributed by atoms with Gasteiger partial charge in [0.1, 0.15) is 0 Å². The van der Waals surface area contributed by atoms with Gasteiger partial charge in [-0.1, -0.05) is 0 Å². The summed E-state index contributed by atoms with van der Waals surface area (Å²) in [6.45, 7) is 0. The maximum absolute atomic E-state index is 12.2. The van der Waals surface area contributed by atoms with Crippen LogP contribution in [0.5, 0.6) is 0 Å². The molecule has 0 saturated heterocycles. The lowest BCUT2D eigenvalue weighted by Gasteiger charge is -2.02. The Hall–Kier alpha value is 0.0200. The van der Waals surface area contributed by atoms with Crippen LogP contribution in [0.1, 0.15) is 12.0 Å². The molecule has 0 spiro atoms. The number of hydrogen-bond acceptors (Lipinski definition) is 1. The van der Waals surface area contributed by atoms with Crippen molar-refractivity contribution in [3.05, 3.63) is 30.2 Å². The van der Waals surface area contributed by atoms with Crippen LogP contribution in [-0.2, 0) is 0 Å². The van der Waals surface area contributed by atoms with E-state index in [2.05, 4.69) is 20.9 Å². The van der Waals surface area contributed by atoms with E-state index in [1.165, 1.54) is 6.20 Å². The first-order chi connectivity index (χ1) is 5.54. The van der Waals surface area contributed by atoms with Crippen molar-refractivity contribution in [2.45, 2.75) is 6.43 Å². The molecule has 66 valence electrons. The van der Waals surface area contributed by atoms with Crippen LogP contribution < -0.4 is 5.56 Å². The van der Waals surface area contributed by atoms with Gasteiger partial charge in [-0.25, -0.2) is 8.78 Å². The number of aromatic amines is 1. The van der Waals surface area contributed by atoms with Gasteiger partial charge in [-0.2, -0.15) is 0 Å². The normalized spacial score (nSPS) is 10.8. The molecule has 1 rings (SSSR count). The van der Waals surface area contributed by atoms with Crippen LogP contribution in [0.3, 0.4) is 0 Å². The van der Waals surface area contributed by atoms with Crippen molar-refractivity contribution in [2.24, 2.45) is 0 Å². The van der Waals surface area contributed by atoms with Gasteiger partial charge in [0.2, 0.25) is 0 Å². The number of alkyl halides is 2. The van der Waals surface area contributed by atoms with Gasteiger partial charge in [0.15, 0.2) is 0 Å². The zero-order chi connectivity index (χ0) is 9.30. The van der Waals surface area contributed by atoms with E-state index >= 15 is 0 Å². The van der Waals surface area contributed by atoms with Crippen LogP contribution in [0.4, 0.5) is 8.78 Å². The lowest BCUT2D eigenvalue weighted by molar-refractivity contribution is 0.148. The van der Waals surface area contributed by atoms with E-state index in [0.717, 1.165) is 0 Å². The van der Waals surface area contributed by atoms with E-state index in [1.807, 2.05) is 0 Å². The molecule has 1 heterocycles. The van der Waals surface area contributed by atoms with E-state index < -0.39 is 17.5 Å². The lowest BCUT2D eigenvalue weighted by atomic mass is 10.3. The molecule has 0 aliphatic carbocycles. The van der Waals surface area contributed by atoms with Crippen molar-refractivity contribution in [2.75, 3.05) is 0 Å². The molecule has 0 amide bonds. The summed E-state index contributed by atoms with van der Waals surface area (Å²) < 4.78 is 25.2. The lowest BCUT2D eigenvalue weighted by Crippen LogP contribution is -2.14. The first-order valence-corrected chi connectivity index (χ1v) is 4.76. The van der Waals surface area contributed by atoms with Gasteiger partial charge >= 0.3 is 0 Å². The van der Waals surface area contributed by atoms with Crippen LogP contribution in [-0.4, -0.2) is 4.98 Å². The summed E-state index contributed by atoms with van der Waals surface area (Å²) in [6, 6.07) is 0. The summed E-state index contributed by atoms with van der Waals surface area (Å²) in [5, 5.41) is 0. The molecular formula is C6H3BrF2INO. The van der Waals surface area contributed by atoms with Crippen LogP contribution in [0.25, 0.3) is 0 Å². The first kappa shape index (κ1) is 10.1. The SMILES string of the molecule is O=c1[nH]cc(Br)c(I)c1C(F)F. The second-order valence-corrected chi connectivity index (χ2v) is 3.93. The second kappa shape index (κ2) is 3.82. The molecule has 0 aromatic carbocycles. The minimum absolute atomic E-state index is 0.256. The summed E-state index contributed by atoms with van der Waals surface area (Å²) in [5.74, 6) is 0. The van der Waals surface area contributed by atoms with Gasteiger partial charge in [0.05, 0.1) is 5.56 Å². The predicted molar refractivity (Wildman–Crippen MR) is 52.4 cm³/mol. The minimum atomic E-state index is -2.74. The molecule has 1 aromatic heterocycles. The van der Waals surface area contributed by atoms with Crippen molar-refractivity contribution >= 4 is 38.5 Å². The van der Waals surface area contributed by atoms with Gasteiger partial charge in [-0.3, -0.25) is 4.79 Å². The molecule has 12 heavy (non-hydrogen) atoms. The Labute approximate surface area is 88.6 Å². The average Bonchev–Trinajstić information content (AvgIpc) is 1.97. The molecule has 0 aliphatic rings. The van der Waals surface area contributed by atoms with Crippen molar-refractivity contribution in [1.82, 2.24) is 4.98 Å². The maximum atomic E-state index is 12.2. The third kappa shape index (κ3) is 1.85. The Morgan fingerprint density at radius 2 is 2.17 bits per heavy atom. The van der Waals surface area contributed by atoms with Gasteiger partial charge in [0, 0.05) is 14.2 Å². The maximum Gasteiger partial charge on any atom is 0.270 e. The van der Waals surface area contributed by atoms with Crippen molar-refractivity contribution < 1.29 is 8.78 Å². The largest absolute Gasteiger partial charge is 0.327 e. The number of aromatic nitrogens is 1. The number of nitrogens with one attached hydrogen (secondary N) is 1. The summed E-state index contributed by atoms with van der Waals surface area (Å²) in [7, 11) is 0. The first-order valence-electron chi connectivity index (χ1n) is 2.88. The third-order valence-electron chi connectivity index (χ3n) is 1.24. The van der Waals surface area contributed by atoms with Gasteiger partial charge in [-0.05, 0) is 38.5 Å². The fourth-order valence-corrected chi connectivity index (χ4v) is 1.66. The highest BCUT2D eigenvalue weighted by atomic mass is 127. The number of rotatable bonds is 1. The summed E-state index contributed by atoms with van der Waals surface area (Å²) in [5.41, 5.74) is -1.22. The summed E-state index contributed by atoms with van der Waals surface area (Å²) in [6.07, 6.45) is -1.39. The fourth-order valence-electron chi connectivity index (χ4n) is 0.693. The number of H-pyrrole nitrogens is 1. The van der Waals surface area contributed by atoms with Gasteiger partial charge in [0.25, 0.3) is 12.0 Å². The van der Waals surface area contributed by atoms with Crippen molar-refractivity contribution in [1.29, 1.82) is 0 Å². The molecule has 6 heteroatoms. The molecule has 0 saturated carbocycles. The Balaban J connectivity index is 3.43. The summed E-state index contributed by atoms with van der Waals surface area (Å²) in [4.78, 5) is 13.1. The standard InChI is InChI=1S/C6H3BrF2INO/c7-2-1-11-6(12)3(4(2)10)5(8)9/h1,5H,(H,11,12). The molecule has 0 aliphatic heterocycles. The Kier molecular flexibility index (Phi) is 3.22. The van der Waals surface area contributed by atoms with Gasteiger partial charge in [-0.15, -0.1) is 0 Å². The van der Waals surface area contributed by atoms with Crippen LogP contribution in [0.15, 0.2) is 15.5 Å². The zero-order valence-corrected chi connectivity index (χ0v) is 9.32. The Morgan fingerprint density at radius 1 is 1.58 bits per heavy atom. The minimum Gasteiger partial charge on any atom is -0.327 e. The number of hydrogen-bond donors (Lipinski definition) is 1. The fraction of sp³-hybridized carbons (Fsp3) is 0.167. The van der Waals surface area contributed by atoms with Gasteiger partial charge < -0.3 is 4.98 Å². The van der Waals surface area contributed by atoms with Crippen molar-refractivity contribution in [3.63, 3.8) is 0 Å². The van der Waals surface area contributed by atoms with Crippen LogP contribution in [0, 0.1) is 3.57 Å². The van der Waals surface area contributed by atoms with E-state index in [-0.39, 0.29) is 3.57 Å². The zero-order valence-electron chi connectivity index (χ0n) is 5.57. The van der Waals surface area contributed by atoms with Crippen LogP contribution in [0.2, 0.25) is 0 Å². The van der Waals surface area contributed by atoms with E-state index in [9.17, 15) is 13.6 Å². The molecule has 1 aromatic rings. The molecule has 0 bridgehead atoms. The quantitative estimate of drug-likeness (QED) is 0.777. The van der Waals surface area contributed by atoms with E-state index in [0.29, 0.717) is 4.47 Å². The monoisotopic (exact) mass is 349 g/mol. The third-order valence-corrected chi connectivity index (χ3v) is 3.77. The predicted octanol–water partition coefficient (Wildman–Crippen LogP) is 2.68. The molecule has 0 atom stereocenters. The number of pyridine rings is 1. The molecule has 0 fully saturated rings. The van der Waals surface area contributed by atoms with Crippen LogP contribution >= 0.6 is 38.5 Å². The second-order valence-electron chi connectivity index (χ2n) is 1.99. The van der Waals surface area contributed by atoms with E-state index in [1.54, 1.807) is 22.6 Å². The highest BCUT2D eigenvalue weighted by Gasteiger charge is 2.17. The molecule has 2 nitrogen and oxygen atoms in total. The van der Waals surface area contributed by atoms with Crippen molar-refractivity contribution in [3.8, 4) is 0 Å². The summed E-state index contributed by atoms with van der Waals surface area (Å²) >= 11 is 4.74. The number of halogens is 4. The molecule has 0 radical (unpaired) electrons. The molecule has 0 unspecified atom stereocenters.